The van der Waals surface area contributed by atoms with Crippen LogP contribution in [0, 0.1) is 0 Å². The molecule has 1 heterocycles. The van der Waals surface area contributed by atoms with Gasteiger partial charge < -0.3 is 9.64 Å². The molecule has 1 saturated heterocycles. The first kappa shape index (κ1) is 20.8. The number of allylic oxidation sites excluding steroid dienone is 2. The maximum Gasteiger partial charge on any atom is 0.410 e. The van der Waals surface area contributed by atoms with Crippen LogP contribution in [0.25, 0.3) is 0 Å². The van der Waals surface area contributed by atoms with Gasteiger partial charge in [-0.25, -0.2) is 4.79 Å². The fraction of sp³-hybridized carbons (Fsp3) is 0.750. The van der Waals surface area contributed by atoms with Crippen molar-refractivity contribution in [2.75, 3.05) is 32.7 Å². The maximum absolute atomic E-state index is 12.0. The highest BCUT2D eigenvalue weighted by atomic mass is 16.6. The minimum Gasteiger partial charge on any atom is -0.444 e. The Hall–Kier alpha value is -1.29. The molecule has 138 valence electrons. The molecule has 0 bridgehead atoms. The second-order valence-electron chi connectivity index (χ2n) is 7.69. The van der Waals surface area contributed by atoms with E-state index >= 15 is 0 Å². The first-order valence-electron chi connectivity index (χ1n) is 9.32. The number of piperazine rings is 1. The summed E-state index contributed by atoms with van der Waals surface area (Å²) in [5, 5.41) is 0. The van der Waals surface area contributed by atoms with Gasteiger partial charge in [-0.05, 0) is 46.6 Å². The summed E-state index contributed by atoms with van der Waals surface area (Å²) in [4.78, 5) is 16.3. The van der Waals surface area contributed by atoms with Gasteiger partial charge in [0.05, 0.1) is 0 Å². The van der Waals surface area contributed by atoms with Crippen molar-refractivity contribution in [3.8, 4) is 0 Å². The Morgan fingerprint density at radius 1 is 1.04 bits per heavy atom. The molecule has 0 aromatic carbocycles. The van der Waals surface area contributed by atoms with Crippen molar-refractivity contribution < 1.29 is 9.53 Å². The lowest BCUT2D eigenvalue weighted by Crippen LogP contribution is -2.50. The zero-order valence-corrected chi connectivity index (χ0v) is 16.0. The van der Waals surface area contributed by atoms with Crippen LogP contribution in [-0.2, 0) is 4.74 Å². The molecule has 24 heavy (non-hydrogen) atoms. The quantitative estimate of drug-likeness (QED) is 0.455. The molecule has 4 nitrogen and oxygen atoms in total. The highest BCUT2D eigenvalue weighted by Gasteiger charge is 2.25. The van der Waals surface area contributed by atoms with Crippen molar-refractivity contribution in [1.82, 2.24) is 9.80 Å². The number of ether oxygens (including phenoxy) is 1. The average molecular weight is 337 g/mol. The average Bonchev–Trinajstić information content (AvgIpc) is 2.52. The number of rotatable bonds is 9. The van der Waals surface area contributed by atoms with Crippen LogP contribution >= 0.6 is 0 Å². The molecule has 0 aliphatic carbocycles. The number of unbranched alkanes of at least 4 members (excludes halogenated alkanes) is 4. The number of carbonyl (C=O) groups is 1. The molecule has 0 aromatic rings. The fourth-order valence-electron chi connectivity index (χ4n) is 2.80. The molecule has 0 radical (unpaired) electrons. The van der Waals surface area contributed by atoms with Gasteiger partial charge >= 0.3 is 6.09 Å². The molecule has 0 unspecified atom stereocenters. The Morgan fingerprint density at radius 2 is 1.62 bits per heavy atom. The van der Waals surface area contributed by atoms with Gasteiger partial charge in [0.2, 0.25) is 0 Å². The van der Waals surface area contributed by atoms with E-state index in [1.165, 1.54) is 32.1 Å². The predicted octanol–water partition coefficient (Wildman–Crippen LogP) is 4.62. The first-order chi connectivity index (χ1) is 11.3. The Balaban J connectivity index is 2.05. The van der Waals surface area contributed by atoms with Gasteiger partial charge in [0.15, 0.2) is 0 Å². The number of hydrogen-bond acceptors (Lipinski definition) is 3. The lowest BCUT2D eigenvalue weighted by atomic mass is 10.1. The summed E-state index contributed by atoms with van der Waals surface area (Å²) in [5.41, 5.74) is 0.740. The Bertz CT molecular complexity index is 404. The summed E-state index contributed by atoms with van der Waals surface area (Å²) in [6, 6.07) is 0. The van der Waals surface area contributed by atoms with E-state index in [0.717, 1.165) is 44.7 Å². The van der Waals surface area contributed by atoms with Crippen molar-refractivity contribution in [2.45, 2.75) is 64.9 Å². The van der Waals surface area contributed by atoms with Gasteiger partial charge in [-0.15, -0.1) is 0 Å². The van der Waals surface area contributed by atoms with Crippen molar-refractivity contribution in [3.05, 3.63) is 24.8 Å². The number of nitrogens with zero attached hydrogens (tertiary/aromatic N) is 2. The summed E-state index contributed by atoms with van der Waals surface area (Å²) in [7, 11) is 0. The van der Waals surface area contributed by atoms with Crippen LogP contribution < -0.4 is 0 Å². The molecule has 1 rings (SSSR count). The third-order valence-electron chi connectivity index (χ3n) is 4.28. The van der Waals surface area contributed by atoms with Crippen LogP contribution in [0.15, 0.2) is 24.8 Å². The third kappa shape index (κ3) is 9.11. The minimum absolute atomic E-state index is 0.178. The zero-order chi connectivity index (χ0) is 18.0. The summed E-state index contributed by atoms with van der Waals surface area (Å²) in [6.07, 6.45) is 9.08. The molecule has 1 amide bonds. The lowest BCUT2D eigenvalue weighted by Gasteiger charge is -2.35. The third-order valence-corrected chi connectivity index (χ3v) is 4.28. The van der Waals surface area contributed by atoms with Gasteiger partial charge in [-0.3, -0.25) is 4.90 Å². The van der Waals surface area contributed by atoms with E-state index in [9.17, 15) is 4.79 Å². The molecule has 4 heteroatoms. The topological polar surface area (TPSA) is 32.8 Å². The molecule has 0 N–H and O–H groups in total. The van der Waals surface area contributed by atoms with Crippen LogP contribution in [0.4, 0.5) is 4.79 Å². The van der Waals surface area contributed by atoms with Crippen LogP contribution in [-0.4, -0.2) is 54.2 Å². The smallest absolute Gasteiger partial charge is 0.410 e. The van der Waals surface area contributed by atoms with E-state index in [2.05, 4.69) is 18.1 Å². The molecular weight excluding hydrogens is 300 g/mol. The molecule has 0 aromatic heterocycles. The highest BCUT2D eigenvalue weighted by molar-refractivity contribution is 5.68. The van der Waals surface area contributed by atoms with E-state index in [0.29, 0.717) is 0 Å². The summed E-state index contributed by atoms with van der Waals surface area (Å²) >= 11 is 0. The molecule has 0 atom stereocenters. The van der Waals surface area contributed by atoms with Crippen LogP contribution in [0.5, 0.6) is 0 Å². The van der Waals surface area contributed by atoms with E-state index < -0.39 is 5.60 Å². The van der Waals surface area contributed by atoms with Gasteiger partial charge in [0.25, 0.3) is 0 Å². The highest BCUT2D eigenvalue weighted by Crippen LogP contribution is 2.13. The van der Waals surface area contributed by atoms with E-state index in [4.69, 9.17) is 4.74 Å². The molecule has 1 aliphatic heterocycles. The Labute approximate surface area is 148 Å². The molecule has 1 aliphatic rings. The van der Waals surface area contributed by atoms with E-state index in [1.54, 1.807) is 0 Å². The Kier molecular flexibility index (Phi) is 9.12. The maximum atomic E-state index is 12.0. The largest absolute Gasteiger partial charge is 0.444 e. The van der Waals surface area contributed by atoms with Crippen LogP contribution in [0.2, 0.25) is 0 Å². The second kappa shape index (κ2) is 10.5. The fourth-order valence-corrected chi connectivity index (χ4v) is 2.80. The van der Waals surface area contributed by atoms with Crippen molar-refractivity contribution >= 4 is 6.09 Å². The molecular formula is C20H36N2O2. The van der Waals surface area contributed by atoms with Crippen molar-refractivity contribution in [2.24, 2.45) is 0 Å². The van der Waals surface area contributed by atoms with Crippen molar-refractivity contribution in [1.29, 1.82) is 0 Å². The minimum atomic E-state index is -0.410. The van der Waals surface area contributed by atoms with E-state index in [1.807, 2.05) is 31.7 Å². The summed E-state index contributed by atoms with van der Waals surface area (Å²) in [6.45, 7) is 18.0. The number of amides is 1. The van der Waals surface area contributed by atoms with Gasteiger partial charge in [0, 0.05) is 26.2 Å². The van der Waals surface area contributed by atoms with Crippen LogP contribution in [0.1, 0.15) is 59.3 Å². The summed E-state index contributed by atoms with van der Waals surface area (Å²) in [5.74, 6) is 0. The SMILES string of the molecule is C=CC(=C)CCCCCCCN1CCN(C(=O)OC(C)(C)C)CC1. The lowest BCUT2D eigenvalue weighted by molar-refractivity contribution is 0.0144. The molecule has 1 fully saturated rings. The number of hydrogen-bond donors (Lipinski definition) is 0. The standard InChI is InChI=1S/C20H36N2O2/c1-6-18(2)12-10-8-7-9-11-13-21-14-16-22(17-15-21)19(23)24-20(3,4)5/h6H,1-2,7-17H2,3-5H3. The van der Waals surface area contributed by atoms with Gasteiger partial charge in [-0.1, -0.05) is 44.1 Å². The Morgan fingerprint density at radius 3 is 2.21 bits per heavy atom. The monoisotopic (exact) mass is 336 g/mol. The normalized spacial score (nSPS) is 16.0. The predicted molar refractivity (Wildman–Crippen MR) is 101 cm³/mol. The van der Waals surface area contributed by atoms with Crippen molar-refractivity contribution in [3.63, 3.8) is 0 Å². The zero-order valence-electron chi connectivity index (χ0n) is 16.0. The summed E-state index contributed by atoms with van der Waals surface area (Å²) < 4.78 is 5.43. The van der Waals surface area contributed by atoms with Gasteiger partial charge in [-0.2, -0.15) is 0 Å². The van der Waals surface area contributed by atoms with E-state index in [-0.39, 0.29) is 6.09 Å². The molecule has 0 saturated carbocycles. The molecule has 0 spiro atoms. The van der Waals surface area contributed by atoms with Crippen LogP contribution in [0.3, 0.4) is 0 Å². The number of carbonyl (C=O) groups excluding carboxylic acids is 1. The second-order valence-corrected chi connectivity index (χ2v) is 7.69. The first-order valence-corrected chi connectivity index (χ1v) is 9.32. The van der Waals surface area contributed by atoms with Gasteiger partial charge in [0.1, 0.15) is 5.60 Å².